The van der Waals surface area contributed by atoms with Gasteiger partial charge in [0.05, 0.1) is 5.92 Å². The molecule has 3 amide bonds. The Morgan fingerprint density at radius 2 is 1.95 bits per heavy atom. The maximum atomic E-state index is 11.5. The average molecular weight is 271 g/mol. The third-order valence-corrected chi connectivity index (χ3v) is 3.24. The van der Waals surface area contributed by atoms with E-state index in [1.165, 1.54) is 4.90 Å². The minimum Gasteiger partial charge on any atom is -0.481 e. The minimum absolute atomic E-state index is 0.0490. The first-order valence-electron chi connectivity index (χ1n) is 6.37. The first kappa shape index (κ1) is 15.3. The SMILES string of the molecule is CN(C)C(=O)CCNC(=O)N[C@H]1CC[C@@H](C(=O)O)C1. The third kappa shape index (κ3) is 5.15. The van der Waals surface area contributed by atoms with E-state index in [9.17, 15) is 14.4 Å². The van der Waals surface area contributed by atoms with Gasteiger partial charge in [-0.15, -0.1) is 0 Å². The number of carbonyl (C=O) groups is 3. The molecule has 0 radical (unpaired) electrons. The molecule has 108 valence electrons. The number of carboxylic acids is 1. The lowest BCUT2D eigenvalue weighted by atomic mass is 10.1. The number of carbonyl (C=O) groups excluding carboxylic acids is 2. The van der Waals surface area contributed by atoms with Gasteiger partial charge in [-0.2, -0.15) is 0 Å². The van der Waals surface area contributed by atoms with Gasteiger partial charge in [0.25, 0.3) is 0 Å². The molecule has 7 nitrogen and oxygen atoms in total. The molecule has 3 N–H and O–H groups in total. The van der Waals surface area contributed by atoms with Crippen molar-refractivity contribution in [3.63, 3.8) is 0 Å². The Bertz CT molecular complexity index is 357. The third-order valence-electron chi connectivity index (χ3n) is 3.24. The molecule has 0 aromatic carbocycles. The van der Waals surface area contributed by atoms with Crippen LogP contribution in [0.5, 0.6) is 0 Å². The van der Waals surface area contributed by atoms with Crippen LogP contribution in [-0.4, -0.2) is 54.6 Å². The molecule has 19 heavy (non-hydrogen) atoms. The molecule has 1 fully saturated rings. The standard InChI is InChI=1S/C12H21N3O4/c1-15(2)10(16)5-6-13-12(19)14-9-4-3-8(7-9)11(17)18/h8-9H,3-7H2,1-2H3,(H,17,18)(H2,13,14,19)/t8-,9+/m1/s1. The first-order chi connectivity index (χ1) is 8.90. The smallest absolute Gasteiger partial charge is 0.315 e. The van der Waals surface area contributed by atoms with E-state index in [1.807, 2.05) is 0 Å². The summed E-state index contributed by atoms with van der Waals surface area (Å²) in [7, 11) is 3.32. The average Bonchev–Trinajstić information content (AvgIpc) is 2.77. The van der Waals surface area contributed by atoms with Gasteiger partial charge in [-0.05, 0) is 19.3 Å². The normalized spacial score (nSPS) is 21.8. The second kappa shape index (κ2) is 6.96. The Hall–Kier alpha value is -1.79. The van der Waals surface area contributed by atoms with Crippen LogP contribution < -0.4 is 10.6 Å². The number of amides is 3. The summed E-state index contributed by atoms with van der Waals surface area (Å²) in [6.07, 6.45) is 2.00. The topological polar surface area (TPSA) is 98.7 Å². The second-order valence-corrected chi connectivity index (χ2v) is 4.98. The molecule has 0 bridgehead atoms. The van der Waals surface area contributed by atoms with Crippen molar-refractivity contribution in [1.82, 2.24) is 15.5 Å². The van der Waals surface area contributed by atoms with Crippen LogP contribution in [0.2, 0.25) is 0 Å². The largest absolute Gasteiger partial charge is 0.481 e. The van der Waals surface area contributed by atoms with E-state index in [2.05, 4.69) is 10.6 Å². The molecular weight excluding hydrogens is 250 g/mol. The molecule has 0 saturated heterocycles. The van der Waals surface area contributed by atoms with Crippen LogP contribution in [0.3, 0.4) is 0 Å². The van der Waals surface area contributed by atoms with Crippen LogP contribution in [0.15, 0.2) is 0 Å². The quantitative estimate of drug-likeness (QED) is 0.656. The predicted octanol–water partition coefficient (Wildman–Crippen LogP) is 0.0172. The zero-order valence-electron chi connectivity index (χ0n) is 11.3. The number of urea groups is 1. The van der Waals surface area contributed by atoms with E-state index < -0.39 is 5.97 Å². The number of carboxylic acid groups (broad SMARTS) is 1. The van der Waals surface area contributed by atoms with Crippen molar-refractivity contribution in [2.45, 2.75) is 31.7 Å². The van der Waals surface area contributed by atoms with Gasteiger partial charge in [-0.3, -0.25) is 9.59 Å². The van der Waals surface area contributed by atoms with Gasteiger partial charge in [0.15, 0.2) is 0 Å². The summed E-state index contributed by atoms with van der Waals surface area (Å²) in [5, 5.41) is 14.2. The maximum absolute atomic E-state index is 11.5. The Morgan fingerprint density at radius 1 is 1.26 bits per heavy atom. The van der Waals surface area contributed by atoms with E-state index in [0.717, 1.165) is 0 Å². The van der Waals surface area contributed by atoms with Gasteiger partial charge in [-0.25, -0.2) is 4.79 Å². The number of nitrogens with one attached hydrogen (secondary N) is 2. The molecule has 0 unspecified atom stereocenters. The van der Waals surface area contributed by atoms with Crippen molar-refractivity contribution in [2.24, 2.45) is 5.92 Å². The molecule has 2 atom stereocenters. The van der Waals surface area contributed by atoms with Gasteiger partial charge in [0.1, 0.15) is 0 Å². The van der Waals surface area contributed by atoms with E-state index in [4.69, 9.17) is 5.11 Å². The minimum atomic E-state index is -0.804. The first-order valence-corrected chi connectivity index (χ1v) is 6.37. The molecule has 1 aliphatic rings. The Kier molecular flexibility index (Phi) is 5.59. The fourth-order valence-electron chi connectivity index (χ4n) is 2.08. The molecule has 0 aromatic rings. The zero-order valence-corrected chi connectivity index (χ0v) is 11.3. The zero-order chi connectivity index (χ0) is 14.4. The summed E-state index contributed by atoms with van der Waals surface area (Å²) in [4.78, 5) is 35.0. The molecule has 0 aliphatic heterocycles. The summed E-state index contributed by atoms with van der Waals surface area (Å²) in [6.45, 7) is 0.276. The highest BCUT2D eigenvalue weighted by atomic mass is 16.4. The van der Waals surface area contributed by atoms with Crippen molar-refractivity contribution in [3.05, 3.63) is 0 Å². The molecule has 1 rings (SSSR count). The van der Waals surface area contributed by atoms with Crippen LogP contribution in [0, 0.1) is 5.92 Å². The number of hydrogen-bond acceptors (Lipinski definition) is 3. The molecule has 0 spiro atoms. The van der Waals surface area contributed by atoms with Crippen LogP contribution in [-0.2, 0) is 9.59 Å². The van der Waals surface area contributed by atoms with E-state index in [0.29, 0.717) is 19.3 Å². The van der Waals surface area contributed by atoms with Crippen molar-refractivity contribution >= 4 is 17.9 Å². The van der Waals surface area contributed by atoms with Gasteiger partial charge in [-0.1, -0.05) is 0 Å². The van der Waals surface area contributed by atoms with Crippen LogP contribution in [0.25, 0.3) is 0 Å². The van der Waals surface area contributed by atoms with Crippen molar-refractivity contribution < 1.29 is 19.5 Å². The fourth-order valence-corrected chi connectivity index (χ4v) is 2.08. The van der Waals surface area contributed by atoms with Crippen LogP contribution >= 0.6 is 0 Å². The Balaban J connectivity index is 2.18. The Labute approximate surface area is 112 Å². The molecular formula is C12H21N3O4. The van der Waals surface area contributed by atoms with Gasteiger partial charge in [0.2, 0.25) is 5.91 Å². The lowest BCUT2D eigenvalue weighted by Gasteiger charge is -2.14. The summed E-state index contributed by atoms with van der Waals surface area (Å²) in [5.74, 6) is -1.21. The van der Waals surface area contributed by atoms with Gasteiger partial charge < -0.3 is 20.6 Å². The predicted molar refractivity (Wildman–Crippen MR) is 68.6 cm³/mol. The summed E-state index contributed by atoms with van der Waals surface area (Å²) in [5.41, 5.74) is 0. The van der Waals surface area contributed by atoms with Crippen molar-refractivity contribution in [1.29, 1.82) is 0 Å². The fraction of sp³-hybridized carbons (Fsp3) is 0.750. The van der Waals surface area contributed by atoms with Crippen molar-refractivity contribution in [2.75, 3.05) is 20.6 Å². The molecule has 0 heterocycles. The van der Waals surface area contributed by atoms with Gasteiger partial charge >= 0.3 is 12.0 Å². The number of hydrogen-bond donors (Lipinski definition) is 3. The molecule has 1 saturated carbocycles. The summed E-state index contributed by atoms with van der Waals surface area (Å²) >= 11 is 0. The monoisotopic (exact) mass is 271 g/mol. The van der Waals surface area contributed by atoms with Crippen molar-refractivity contribution in [3.8, 4) is 0 Å². The second-order valence-electron chi connectivity index (χ2n) is 4.98. The molecule has 0 aromatic heterocycles. The molecule has 1 aliphatic carbocycles. The van der Waals surface area contributed by atoms with E-state index in [-0.39, 0.29) is 36.9 Å². The number of nitrogens with zero attached hydrogens (tertiary/aromatic N) is 1. The highest BCUT2D eigenvalue weighted by Gasteiger charge is 2.30. The maximum Gasteiger partial charge on any atom is 0.315 e. The lowest BCUT2D eigenvalue weighted by molar-refractivity contribution is -0.141. The van der Waals surface area contributed by atoms with Gasteiger partial charge in [0, 0.05) is 33.1 Å². The lowest BCUT2D eigenvalue weighted by Crippen LogP contribution is -2.42. The van der Waals surface area contributed by atoms with Crippen LogP contribution in [0.4, 0.5) is 4.79 Å². The van der Waals surface area contributed by atoms with Crippen LogP contribution in [0.1, 0.15) is 25.7 Å². The summed E-state index contributed by atoms with van der Waals surface area (Å²) in [6, 6.07) is -0.437. The molecule has 7 heteroatoms. The number of rotatable bonds is 5. The van der Waals surface area contributed by atoms with E-state index in [1.54, 1.807) is 14.1 Å². The Morgan fingerprint density at radius 3 is 2.47 bits per heavy atom. The summed E-state index contributed by atoms with van der Waals surface area (Å²) < 4.78 is 0. The highest BCUT2D eigenvalue weighted by molar-refractivity contribution is 5.78. The highest BCUT2D eigenvalue weighted by Crippen LogP contribution is 2.25. The number of aliphatic carboxylic acids is 1. The van der Waals surface area contributed by atoms with E-state index >= 15 is 0 Å².